The molecule has 0 unspecified atom stereocenters. The van der Waals surface area contributed by atoms with Crippen LogP contribution in [0.4, 0.5) is 5.69 Å². The van der Waals surface area contributed by atoms with E-state index in [0.717, 1.165) is 24.5 Å². The Hall–Kier alpha value is -2.39. The highest BCUT2D eigenvalue weighted by molar-refractivity contribution is 5.97. The summed E-state index contributed by atoms with van der Waals surface area (Å²) in [6.45, 7) is 4.87. The van der Waals surface area contributed by atoms with Gasteiger partial charge in [0.15, 0.2) is 0 Å². The third-order valence-electron chi connectivity index (χ3n) is 3.44. The number of piperazine rings is 1. The lowest BCUT2D eigenvalue weighted by molar-refractivity contribution is -0.128. The molecule has 1 aromatic heterocycles. The average molecular weight is 285 g/mol. The van der Waals surface area contributed by atoms with Gasteiger partial charge < -0.3 is 15.1 Å². The molecule has 0 aromatic carbocycles. The molecule has 110 valence electrons. The van der Waals surface area contributed by atoms with Crippen LogP contribution in [0.15, 0.2) is 30.1 Å². The Bertz CT molecular complexity index is 565. The second-order valence-electron chi connectivity index (χ2n) is 5.10. The molecule has 2 heterocycles. The van der Waals surface area contributed by atoms with Crippen molar-refractivity contribution in [3.63, 3.8) is 0 Å². The SMILES string of the molecule is Cc1ccc(N/C=C(/C#N)C(=O)N2CCN(C)CC2)cn1. The number of nitriles is 1. The Kier molecular flexibility index (Phi) is 4.90. The van der Waals surface area contributed by atoms with E-state index in [2.05, 4.69) is 15.2 Å². The van der Waals surface area contributed by atoms with E-state index in [-0.39, 0.29) is 11.5 Å². The number of aromatic nitrogens is 1. The molecular formula is C15H19N5O. The summed E-state index contributed by atoms with van der Waals surface area (Å²) in [5.74, 6) is -0.224. The summed E-state index contributed by atoms with van der Waals surface area (Å²) in [7, 11) is 2.02. The molecule has 1 fully saturated rings. The second-order valence-corrected chi connectivity index (χ2v) is 5.10. The summed E-state index contributed by atoms with van der Waals surface area (Å²) in [5.41, 5.74) is 1.78. The molecule has 0 atom stereocenters. The van der Waals surface area contributed by atoms with Gasteiger partial charge in [-0.3, -0.25) is 9.78 Å². The van der Waals surface area contributed by atoms with Gasteiger partial charge in [0.1, 0.15) is 11.6 Å². The topological polar surface area (TPSA) is 72.3 Å². The van der Waals surface area contributed by atoms with Gasteiger partial charge in [-0.25, -0.2) is 0 Å². The zero-order valence-corrected chi connectivity index (χ0v) is 12.3. The van der Waals surface area contributed by atoms with Crippen LogP contribution in [-0.4, -0.2) is 53.9 Å². The number of likely N-dealkylation sites (N-methyl/N-ethyl adjacent to an activating group) is 1. The molecule has 0 spiro atoms. The first-order valence-electron chi connectivity index (χ1n) is 6.87. The molecule has 0 bridgehead atoms. The normalized spacial score (nSPS) is 16.4. The van der Waals surface area contributed by atoms with Crippen molar-refractivity contribution < 1.29 is 4.79 Å². The zero-order valence-electron chi connectivity index (χ0n) is 12.3. The van der Waals surface area contributed by atoms with Crippen LogP contribution in [0.25, 0.3) is 0 Å². The predicted molar refractivity (Wildman–Crippen MR) is 80.4 cm³/mol. The fourth-order valence-electron chi connectivity index (χ4n) is 2.03. The number of amides is 1. The molecule has 0 saturated carbocycles. The molecule has 1 amide bonds. The van der Waals surface area contributed by atoms with E-state index >= 15 is 0 Å². The van der Waals surface area contributed by atoms with E-state index in [4.69, 9.17) is 5.26 Å². The standard InChI is InChI=1S/C15H19N5O/c1-12-3-4-14(11-17-12)18-10-13(9-16)15(21)20-7-5-19(2)6-8-20/h3-4,10-11,18H,5-8H2,1-2H3/b13-10-. The van der Waals surface area contributed by atoms with Crippen LogP contribution in [0.1, 0.15) is 5.69 Å². The largest absolute Gasteiger partial charge is 0.359 e. The van der Waals surface area contributed by atoms with Gasteiger partial charge in [-0.15, -0.1) is 0 Å². The van der Waals surface area contributed by atoms with E-state index in [1.165, 1.54) is 6.20 Å². The number of hydrogen-bond donors (Lipinski definition) is 1. The number of anilines is 1. The molecule has 2 rings (SSSR count). The van der Waals surface area contributed by atoms with Crippen molar-refractivity contribution in [1.29, 1.82) is 5.26 Å². The lowest BCUT2D eigenvalue weighted by Gasteiger charge is -2.32. The minimum absolute atomic E-state index is 0.111. The van der Waals surface area contributed by atoms with Gasteiger partial charge >= 0.3 is 0 Å². The van der Waals surface area contributed by atoms with Gasteiger partial charge in [-0.2, -0.15) is 5.26 Å². The monoisotopic (exact) mass is 285 g/mol. The minimum atomic E-state index is -0.224. The highest BCUT2D eigenvalue weighted by Crippen LogP contribution is 2.09. The van der Waals surface area contributed by atoms with Crippen LogP contribution in [0, 0.1) is 18.3 Å². The zero-order chi connectivity index (χ0) is 15.2. The average Bonchev–Trinajstić information content (AvgIpc) is 2.50. The number of rotatable bonds is 3. The molecular weight excluding hydrogens is 266 g/mol. The van der Waals surface area contributed by atoms with Crippen LogP contribution in [0.2, 0.25) is 0 Å². The molecule has 1 aliphatic rings. The lowest BCUT2D eigenvalue weighted by atomic mass is 10.2. The summed E-state index contributed by atoms with van der Waals surface area (Å²) >= 11 is 0. The third-order valence-corrected chi connectivity index (χ3v) is 3.44. The quantitative estimate of drug-likeness (QED) is 0.662. The van der Waals surface area contributed by atoms with Crippen molar-refractivity contribution >= 4 is 11.6 Å². The smallest absolute Gasteiger partial charge is 0.266 e. The number of hydrogen-bond acceptors (Lipinski definition) is 5. The summed E-state index contributed by atoms with van der Waals surface area (Å²) in [4.78, 5) is 20.3. The van der Waals surface area contributed by atoms with Crippen LogP contribution in [0.3, 0.4) is 0 Å². The summed E-state index contributed by atoms with van der Waals surface area (Å²) < 4.78 is 0. The van der Waals surface area contributed by atoms with Gasteiger partial charge in [0, 0.05) is 38.1 Å². The maximum absolute atomic E-state index is 12.3. The van der Waals surface area contributed by atoms with Crippen molar-refractivity contribution in [1.82, 2.24) is 14.8 Å². The fourth-order valence-corrected chi connectivity index (χ4v) is 2.03. The Labute approximate surface area is 124 Å². The lowest BCUT2D eigenvalue weighted by Crippen LogP contribution is -2.47. The second kappa shape index (κ2) is 6.86. The van der Waals surface area contributed by atoms with Crippen molar-refractivity contribution in [2.24, 2.45) is 0 Å². The van der Waals surface area contributed by atoms with E-state index in [1.54, 1.807) is 11.1 Å². The Morgan fingerprint density at radius 3 is 2.67 bits per heavy atom. The molecule has 1 N–H and O–H groups in total. The number of carbonyl (C=O) groups is 1. The summed E-state index contributed by atoms with van der Waals surface area (Å²) in [6.07, 6.45) is 3.12. The van der Waals surface area contributed by atoms with Gasteiger partial charge in [0.2, 0.25) is 0 Å². The van der Waals surface area contributed by atoms with Crippen molar-refractivity contribution in [2.45, 2.75) is 6.92 Å². The Morgan fingerprint density at radius 2 is 2.10 bits per heavy atom. The highest BCUT2D eigenvalue weighted by Gasteiger charge is 2.21. The number of aryl methyl sites for hydroxylation is 1. The van der Waals surface area contributed by atoms with Crippen molar-refractivity contribution in [3.8, 4) is 6.07 Å². The van der Waals surface area contributed by atoms with Crippen LogP contribution in [0.5, 0.6) is 0 Å². The number of nitrogens with zero attached hydrogens (tertiary/aromatic N) is 4. The van der Waals surface area contributed by atoms with E-state index < -0.39 is 0 Å². The maximum atomic E-state index is 12.3. The van der Waals surface area contributed by atoms with Gasteiger partial charge in [-0.05, 0) is 26.1 Å². The van der Waals surface area contributed by atoms with Crippen molar-refractivity contribution in [2.75, 3.05) is 38.5 Å². The summed E-state index contributed by atoms with van der Waals surface area (Å²) in [5, 5.41) is 12.1. The molecule has 1 aromatic rings. The molecule has 6 heteroatoms. The number of carbonyl (C=O) groups excluding carboxylic acids is 1. The van der Waals surface area contributed by atoms with Crippen LogP contribution < -0.4 is 5.32 Å². The number of pyridine rings is 1. The molecule has 1 saturated heterocycles. The first kappa shape index (κ1) is 15.0. The van der Waals surface area contributed by atoms with E-state index in [0.29, 0.717) is 13.1 Å². The van der Waals surface area contributed by atoms with Crippen LogP contribution >= 0.6 is 0 Å². The van der Waals surface area contributed by atoms with E-state index in [1.807, 2.05) is 32.2 Å². The molecule has 0 aliphatic carbocycles. The highest BCUT2D eigenvalue weighted by atomic mass is 16.2. The predicted octanol–water partition coefficient (Wildman–Crippen LogP) is 0.983. The van der Waals surface area contributed by atoms with Gasteiger partial charge in [0.05, 0.1) is 11.9 Å². The first-order chi connectivity index (χ1) is 10.1. The molecule has 21 heavy (non-hydrogen) atoms. The third kappa shape index (κ3) is 4.04. The molecule has 6 nitrogen and oxygen atoms in total. The van der Waals surface area contributed by atoms with E-state index in [9.17, 15) is 4.79 Å². The van der Waals surface area contributed by atoms with Crippen molar-refractivity contribution in [3.05, 3.63) is 35.8 Å². The van der Waals surface area contributed by atoms with Crippen LogP contribution in [-0.2, 0) is 4.79 Å². The summed E-state index contributed by atoms with van der Waals surface area (Å²) in [6, 6.07) is 5.69. The molecule has 1 aliphatic heterocycles. The minimum Gasteiger partial charge on any atom is -0.359 e. The number of nitrogens with one attached hydrogen (secondary N) is 1. The molecule has 0 radical (unpaired) electrons. The fraction of sp³-hybridized carbons (Fsp3) is 0.400. The maximum Gasteiger partial charge on any atom is 0.266 e. The Balaban J connectivity index is 2.01. The van der Waals surface area contributed by atoms with Gasteiger partial charge in [-0.1, -0.05) is 0 Å². The first-order valence-corrected chi connectivity index (χ1v) is 6.87. The Morgan fingerprint density at radius 1 is 1.38 bits per heavy atom. The van der Waals surface area contributed by atoms with Gasteiger partial charge in [0.25, 0.3) is 5.91 Å².